The van der Waals surface area contributed by atoms with Crippen LogP contribution in [0.1, 0.15) is 37.0 Å². The second kappa shape index (κ2) is 13.7. The highest BCUT2D eigenvalue weighted by Crippen LogP contribution is 2.31. The summed E-state index contributed by atoms with van der Waals surface area (Å²) in [6, 6.07) is 20.1. The largest absolute Gasteiger partial charge is 0.486 e. The zero-order valence-electron chi connectivity index (χ0n) is 22.3. The lowest BCUT2D eigenvalue weighted by atomic mass is 10.0. The number of halogens is 2. The molecule has 6 nitrogen and oxygen atoms in total. The Balaban J connectivity index is 1.60. The van der Waals surface area contributed by atoms with E-state index >= 15 is 0 Å². The van der Waals surface area contributed by atoms with Crippen LogP contribution in [0.25, 0.3) is 0 Å². The molecule has 0 fully saturated rings. The van der Waals surface area contributed by atoms with Crippen LogP contribution in [0.15, 0.2) is 66.7 Å². The average Bonchev–Trinajstić information content (AvgIpc) is 2.94. The molecular weight excluding hydrogens is 535 g/mol. The fourth-order valence-electron chi connectivity index (χ4n) is 4.45. The molecular formula is C31H34Cl2N2O4. The summed E-state index contributed by atoms with van der Waals surface area (Å²) in [7, 11) is 0. The van der Waals surface area contributed by atoms with E-state index in [4.69, 9.17) is 32.7 Å². The molecule has 1 heterocycles. The first kappa shape index (κ1) is 28.8. The van der Waals surface area contributed by atoms with Gasteiger partial charge in [-0.15, -0.1) is 0 Å². The number of hydrogen-bond donors (Lipinski definition) is 1. The third-order valence-corrected chi connectivity index (χ3v) is 7.27. The van der Waals surface area contributed by atoms with Crippen molar-refractivity contribution < 1.29 is 19.1 Å². The molecule has 0 radical (unpaired) electrons. The van der Waals surface area contributed by atoms with E-state index in [1.165, 1.54) is 0 Å². The monoisotopic (exact) mass is 568 g/mol. The number of aryl methyl sites for hydroxylation is 1. The summed E-state index contributed by atoms with van der Waals surface area (Å²) < 4.78 is 11.3. The SMILES string of the molecule is CC(C)CNC(=O)C(Cc1ccccc1)N(Cc1ccc(Cl)c(Cl)c1)C(=O)CCc1ccc2c(c1)OCCO2. The summed E-state index contributed by atoms with van der Waals surface area (Å²) >= 11 is 12.4. The zero-order chi connectivity index (χ0) is 27.8. The zero-order valence-corrected chi connectivity index (χ0v) is 23.8. The lowest BCUT2D eigenvalue weighted by Crippen LogP contribution is -2.51. The lowest BCUT2D eigenvalue weighted by Gasteiger charge is -2.32. The minimum Gasteiger partial charge on any atom is -0.486 e. The second-order valence-corrected chi connectivity index (χ2v) is 10.9. The highest BCUT2D eigenvalue weighted by Gasteiger charge is 2.30. The number of hydrogen-bond acceptors (Lipinski definition) is 4. The number of amides is 2. The summed E-state index contributed by atoms with van der Waals surface area (Å²) in [4.78, 5) is 29.1. The molecule has 8 heteroatoms. The van der Waals surface area contributed by atoms with Crippen molar-refractivity contribution in [3.05, 3.63) is 93.5 Å². The normalized spacial score (nSPS) is 13.2. The molecule has 1 aliphatic heterocycles. The molecule has 0 saturated carbocycles. The van der Waals surface area contributed by atoms with Crippen molar-refractivity contribution in [2.24, 2.45) is 5.92 Å². The van der Waals surface area contributed by atoms with Gasteiger partial charge in [-0.25, -0.2) is 0 Å². The number of nitrogens with zero attached hydrogens (tertiary/aromatic N) is 1. The van der Waals surface area contributed by atoms with Crippen LogP contribution in [0.4, 0.5) is 0 Å². The minimum absolute atomic E-state index is 0.128. The van der Waals surface area contributed by atoms with Crippen molar-refractivity contribution in [2.75, 3.05) is 19.8 Å². The molecule has 0 bridgehead atoms. The molecule has 0 saturated heterocycles. The fraction of sp³-hybridized carbons (Fsp3) is 0.355. The Bertz CT molecular complexity index is 1280. The standard InChI is InChI=1S/C31H34Cl2N2O4/c1-21(2)19-34-31(37)27(17-22-6-4-3-5-7-22)35(20-24-8-11-25(32)26(33)16-24)30(36)13-10-23-9-12-28-29(18-23)39-15-14-38-28/h3-9,11-12,16,18,21,27H,10,13-15,17,19-20H2,1-2H3,(H,34,37). The van der Waals surface area contributed by atoms with Crippen molar-refractivity contribution in [1.82, 2.24) is 10.2 Å². The van der Waals surface area contributed by atoms with E-state index in [2.05, 4.69) is 5.32 Å². The summed E-state index contributed by atoms with van der Waals surface area (Å²) in [6.07, 6.45) is 1.12. The maximum absolute atomic E-state index is 13.9. The van der Waals surface area contributed by atoms with Crippen LogP contribution in [0, 0.1) is 5.92 Å². The van der Waals surface area contributed by atoms with Gasteiger partial charge >= 0.3 is 0 Å². The predicted molar refractivity (Wildman–Crippen MR) is 155 cm³/mol. The predicted octanol–water partition coefficient (Wildman–Crippen LogP) is 6.11. The molecule has 3 aromatic rings. The lowest BCUT2D eigenvalue weighted by molar-refractivity contribution is -0.141. The Morgan fingerprint density at radius 3 is 2.31 bits per heavy atom. The Morgan fingerprint density at radius 1 is 0.872 bits per heavy atom. The molecule has 206 valence electrons. The van der Waals surface area contributed by atoms with Gasteiger partial charge < -0.3 is 19.7 Å². The Kier molecular flexibility index (Phi) is 10.1. The molecule has 0 aromatic heterocycles. The molecule has 2 amide bonds. The highest BCUT2D eigenvalue weighted by atomic mass is 35.5. The number of fused-ring (bicyclic) bond motifs is 1. The van der Waals surface area contributed by atoms with Crippen molar-refractivity contribution in [1.29, 1.82) is 0 Å². The van der Waals surface area contributed by atoms with Gasteiger partial charge in [-0.2, -0.15) is 0 Å². The first-order chi connectivity index (χ1) is 18.8. The number of rotatable bonds is 11. The highest BCUT2D eigenvalue weighted by molar-refractivity contribution is 6.42. The van der Waals surface area contributed by atoms with Gasteiger partial charge in [-0.05, 0) is 53.3 Å². The fourth-order valence-corrected chi connectivity index (χ4v) is 4.77. The maximum Gasteiger partial charge on any atom is 0.243 e. The number of benzene rings is 3. The van der Waals surface area contributed by atoms with E-state index < -0.39 is 6.04 Å². The quantitative estimate of drug-likeness (QED) is 0.303. The third-order valence-electron chi connectivity index (χ3n) is 6.53. The number of carbonyl (C=O) groups is 2. The van der Waals surface area contributed by atoms with Crippen LogP contribution in [-0.2, 0) is 29.0 Å². The maximum atomic E-state index is 13.9. The van der Waals surface area contributed by atoms with Crippen LogP contribution in [0.5, 0.6) is 11.5 Å². The van der Waals surface area contributed by atoms with Crippen molar-refractivity contribution in [3.63, 3.8) is 0 Å². The molecule has 1 atom stereocenters. The van der Waals surface area contributed by atoms with Gasteiger partial charge in [0.2, 0.25) is 11.8 Å². The number of nitrogens with one attached hydrogen (secondary N) is 1. The summed E-state index contributed by atoms with van der Waals surface area (Å²) in [5.41, 5.74) is 2.73. The first-order valence-corrected chi connectivity index (χ1v) is 14.0. The van der Waals surface area contributed by atoms with Gasteiger partial charge in [-0.1, -0.05) is 79.5 Å². The summed E-state index contributed by atoms with van der Waals surface area (Å²) in [5, 5.41) is 3.88. The minimum atomic E-state index is -0.701. The van der Waals surface area contributed by atoms with Gasteiger partial charge in [0, 0.05) is 25.9 Å². The second-order valence-electron chi connectivity index (χ2n) is 10.1. The van der Waals surface area contributed by atoms with Crippen molar-refractivity contribution >= 4 is 35.0 Å². The molecule has 1 unspecified atom stereocenters. The van der Waals surface area contributed by atoms with Crippen LogP contribution < -0.4 is 14.8 Å². The Labute approximate surface area is 240 Å². The van der Waals surface area contributed by atoms with Crippen LogP contribution in [-0.4, -0.2) is 42.5 Å². The van der Waals surface area contributed by atoms with Crippen LogP contribution in [0.2, 0.25) is 10.0 Å². The average molecular weight is 570 g/mol. The first-order valence-electron chi connectivity index (χ1n) is 13.2. The van der Waals surface area contributed by atoms with E-state index in [0.29, 0.717) is 54.1 Å². The van der Waals surface area contributed by atoms with Gasteiger partial charge in [0.25, 0.3) is 0 Å². The van der Waals surface area contributed by atoms with Crippen molar-refractivity contribution in [3.8, 4) is 11.5 Å². The molecule has 4 rings (SSSR count). The topological polar surface area (TPSA) is 67.9 Å². The molecule has 1 aliphatic rings. The van der Waals surface area contributed by atoms with E-state index in [9.17, 15) is 9.59 Å². The van der Waals surface area contributed by atoms with Gasteiger partial charge in [0.15, 0.2) is 11.5 Å². The van der Waals surface area contributed by atoms with Crippen LogP contribution in [0.3, 0.4) is 0 Å². The van der Waals surface area contributed by atoms with Crippen LogP contribution >= 0.6 is 23.2 Å². The van der Waals surface area contributed by atoms with Gasteiger partial charge in [0.1, 0.15) is 19.3 Å². The molecule has 3 aromatic carbocycles. The molecule has 39 heavy (non-hydrogen) atoms. The third kappa shape index (κ3) is 8.13. The summed E-state index contributed by atoms with van der Waals surface area (Å²) in [6.45, 7) is 5.85. The summed E-state index contributed by atoms with van der Waals surface area (Å²) in [5.74, 6) is 1.37. The van der Waals surface area contributed by atoms with Gasteiger partial charge in [0.05, 0.1) is 10.0 Å². The number of carbonyl (C=O) groups excluding carboxylic acids is 2. The Hall–Kier alpha value is -3.22. The number of ether oxygens (including phenoxy) is 2. The Morgan fingerprint density at radius 2 is 1.59 bits per heavy atom. The smallest absolute Gasteiger partial charge is 0.243 e. The van der Waals surface area contributed by atoms with Gasteiger partial charge in [-0.3, -0.25) is 9.59 Å². The van der Waals surface area contributed by atoms with E-state index in [-0.39, 0.29) is 30.7 Å². The van der Waals surface area contributed by atoms with E-state index in [1.807, 2.05) is 68.4 Å². The van der Waals surface area contributed by atoms with E-state index in [1.54, 1.807) is 17.0 Å². The van der Waals surface area contributed by atoms with Crippen molar-refractivity contribution in [2.45, 2.75) is 45.7 Å². The molecule has 0 aliphatic carbocycles. The molecule has 1 N–H and O–H groups in total. The molecule has 0 spiro atoms. The van der Waals surface area contributed by atoms with E-state index in [0.717, 1.165) is 16.7 Å².